The first-order valence-electron chi connectivity index (χ1n) is 15.7. The summed E-state index contributed by atoms with van der Waals surface area (Å²) in [4.78, 5) is 25.3. The van der Waals surface area contributed by atoms with Gasteiger partial charge in [-0.15, -0.1) is 0 Å². The maximum atomic E-state index is 14.3. The predicted molar refractivity (Wildman–Crippen MR) is 179 cm³/mol. The Morgan fingerprint density at radius 1 is 0.898 bits per heavy atom. The fourth-order valence-corrected chi connectivity index (χ4v) is 6.78. The van der Waals surface area contributed by atoms with E-state index < -0.39 is 52.2 Å². The van der Waals surface area contributed by atoms with E-state index >= 15 is 0 Å². The molecule has 0 bridgehead atoms. The fraction of sp³-hybridized carbons (Fsp3) is 0.333. The Morgan fingerprint density at radius 3 is 2.00 bits per heavy atom. The Morgan fingerprint density at radius 2 is 1.47 bits per heavy atom. The molecule has 0 aliphatic rings. The molecular weight excluding hydrogens is 656 g/mol. The minimum Gasteiger partial charge on any atom is -0.550 e. The van der Waals surface area contributed by atoms with Gasteiger partial charge in [-0.05, 0) is 86.2 Å². The molecule has 3 N–H and O–H groups in total. The molecule has 10 nitrogen and oxygen atoms in total. The highest BCUT2D eigenvalue weighted by Gasteiger charge is 2.30. The van der Waals surface area contributed by atoms with E-state index in [1.165, 1.54) is 62.6 Å². The monoisotopic (exact) mass is 696 g/mol. The molecule has 13 heteroatoms. The van der Waals surface area contributed by atoms with Crippen LogP contribution in [-0.2, 0) is 27.8 Å². The van der Waals surface area contributed by atoms with Gasteiger partial charge in [0, 0.05) is 55.9 Å². The molecule has 1 heterocycles. The smallest absolute Gasteiger partial charge is 0.268 e. The molecule has 1 aromatic heterocycles. The number of nitrogens with zero attached hydrogens (tertiary/aromatic N) is 2. The van der Waals surface area contributed by atoms with E-state index in [1.54, 1.807) is 28.8 Å². The molecule has 4 rings (SSSR count). The normalized spacial score (nSPS) is 13.1. The van der Waals surface area contributed by atoms with Crippen LogP contribution in [0.4, 0.5) is 8.78 Å². The number of aliphatic carboxylic acids is 1. The van der Waals surface area contributed by atoms with Gasteiger partial charge in [-0.25, -0.2) is 21.5 Å². The van der Waals surface area contributed by atoms with Gasteiger partial charge < -0.3 is 30.0 Å². The number of nitrogens with one attached hydrogen (secondary N) is 1. The summed E-state index contributed by atoms with van der Waals surface area (Å²) in [6, 6.07) is 17.1. The maximum Gasteiger partial charge on any atom is 0.268 e. The average molecular weight is 697 g/mol. The van der Waals surface area contributed by atoms with Crippen LogP contribution in [0.1, 0.15) is 60.9 Å². The summed E-state index contributed by atoms with van der Waals surface area (Å²) in [7, 11) is -0.882. The molecule has 0 unspecified atom stereocenters. The lowest BCUT2D eigenvalue weighted by Crippen LogP contribution is -2.29. The van der Waals surface area contributed by atoms with E-state index in [0.29, 0.717) is 33.5 Å². The first kappa shape index (κ1) is 37.4. The minimum atomic E-state index is -3.73. The number of benzene rings is 3. The zero-order valence-corrected chi connectivity index (χ0v) is 28.5. The fourth-order valence-electron chi connectivity index (χ4n) is 5.81. The van der Waals surface area contributed by atoms with Crippen LogP contribution in [0.2, 0.25) is 0 Å². The third-order valence-electron chi connectivity index (χ3n) is 8.10. The maximum absolute atomic E-state index is 14.3. The number of hydrogen-bond acceptors (Lipinski definition) is 7. The Balaban J connectivity index is 1.86. The first-order chi connectivity index (χ1) is 23.1. The number of amides is 1. The topological polar surface area (TPSA) is 152 Å². The van der Waals surface area contributed by atoms with Gasteiger partial charge >= 0.3 is 0 Å². The van der Waals surface area contributed by atoms with Crippen LogP contribution < -0.4 is 10.4 Å². The van der Waals surface area contributed by atoms with E-state index in [2.05, 4.69) is 5.32 Å². The average Bonchev–Trinajstić information content (AvgIpc) is 3.38. The molecule has 0 saturated carbocycles. The van der Waals surface area contributed by atoms with Crippen molar-refractivity contribution in [2.45, 2.75) is 69.2 Å². The summed E-state index contributed by atoms with van der Waals surface area (Å²) in [5.41, 5.74) is 3.36. The number of aliphatic hydroxyl groups is 2. The molecule has 1 amide bonds. The summed E-state index contributed by atoms with van der Waals surface area (Å²) >= 11 is 0. The van der Waals surface area contributed by atoms with E-state index in [0.717, 1.165) is 4.31 Å². The van der Waals surface area contributed by atoms with Gasteiger partial charge in [-0.1, -0.05) is 36.4 Å². The summed E-state index contributed by atoms with van der Waals surface area (Å²) in [6.07, 6.45) is -3.05. The first-order valence-corrected chi connectivity index (χ1v) is 17.2. The Bertz CT molecular complexity index is 1890. The Hall–Kier alpha value is -4.43. The predicted octanol–water partition coefficient (Wildman–Crippen LogP) is 4.05. The number of carbonyl (C=O) groups is 2. The highest BCUT2D eigenvalue weighted by atomic mass is 32.2. The molecular formula is C36H40F2N3O7S-. The highest BCUT2D eigenvalue weighted by Crippen LogP contribution is 2.42. The number of aliphatic hydroxyl groups excluding tert-OH is 2. The van der Waals surface area contributed by atoms with Crippen molar-refractivity contribution < 1.29 is 42.1 Å². The number of halogens is 2. The van der Waals surface area contributed by atoms with Gasteiger partial charge in [0.05, 0.1) is 17.1 Å². The van der Waals surface area contributed by atoms with Gasteiger partial charge in [-0.2, -0.15) is 0 Å². The van der Waals surface area contributed by atoms with Gasteiger partial charge in [0.25, 0.3) is 5.91 Å². The summed E-state index contributed by atoms with van der Waals surface area (Å²) in [6.45, 7) is 3.69. The molecule has 262 valence electrons. The molecule has 0 saturated heterocycles. The molecule has 0 aliphatic carbocycles. The number of aromatic nitrogens is 1. The second kappa shape index (κ2) is 15.9. The standard InChI is InChI=1S/C36H41F2N3O7S/c1-22(2)41-31(17-16-28(42)19-29(43)20-32(44)45)33(24-8-12-26(37)13-9-24)34(25-10-14-27(38)15-11-25)35(41)36(46)39-21-23-6-5-7-30(18-23)49(47,48)40(3)4/h5-15,18,22,28-29,42-43H,16-17,19-21H2,1-4H3,(H,39,46)(H,44,45)/p-1/t28-,29-/m1/s1. The number of sulfonamides is 1. The zero-order valence-electron chi connectivity index (χ0n) is 27.7. The van der Waals surface area contributed by atoms with Crippen molar-refractivity contribution in [1.82, 2.24) is 14.2 Å². The third kappa shape index (κ3) is 8.98. The lowest BCUT2D eigenvalue weighted by molar-refractivity contribution is -0.307. The molecule has 0 radical (unpaired) electrons. The zero-order chi connectivity index (χ0) is 36.0. The largest absolute Gasteiger partial charge is 0.550 e. The number of carbonyl (C=O) groups excluding carboxylic acids is 2. The van der Waals surface area contributed by atoms with Crippen LogP contribution in [0.3, 0.4) is 0 Å². The van der Waals surface area contributed by atoms with Gasteiger partial charge in [-0.3, -0.25) is 4.79 Å². The van der Waals surface area contributed by atoms with E-state index in [1.807, 2.05) is 13.8 Å². The van der Waals surface area contributed by atoms with E-state index in [9.17, 15) is 42.1 Å². The van der Waals surface area contributed by atoms with Crippen molar-refractivity contribution in [3.05, 3.63) is 101 Å². The SMILES string of the molecule is CC(C)n1c(CC[C@@H](O)C[C@@H](O)CC(=O)[O-])c(-c2ccc(F)cc2)c(-c2ccc(F)cc2)c1C(=O)NCc1cccc(S(=O)(=O)N(C)C)c1. The van der Waals surface area contributed by atoms with E-state index in [4.69, 9.17) is 0 Å². The van der Waals surface area contributed by atoms with E-state index in [-0.39, 0.29) is 42.4 Å². The molecule has 3 aromatic carbocycles. The van der Waals surface area contributed by atoms with Gasteiger partial charge in [0.1, 0.15) is 17.3 Å². The van der Waals surface area contributed by atoms with Crippen molar-refractivity contribution in [2.75, 3.05) is 14.1 Å². The molecule has 4 aromatic rings. The van der Waals surface area contributed by atoms with Crippen LogP contribution in [0.25, 0.3) is 22.3 Å². The minimum absolute atomic E-state index is 0.0298. The number of carboxylic acids is 1. The quantitative estimate of drug-likeness (QED) is 0.170. The molecule has 2 atom stereocenters. The molecule has 49 heavy (non-hydrogen) atoms. The lowest BCUT2D eigenvalue weighted by atomic mass is 9.92. The summed E-state index contributed by atoms with van der Waals surface area (Å²) < 4.78 is 56.6. The van der Waals surface area contributed by atoms with Crippen molar-refractivity contribution in [2.24, 2.45) is 0 Å². The number of carboxylic acid groups (broad SMARTS) is 1. The van der Waals surface area contributed by atoms with Crippen molar-refractivity contribution in [3.63, 3.8) is 0 Å². The highest BCUT2D eigenvalue weighted by molar-refractivity contribution is 7.89. The van der Waals surface area contributed by atoms with Crippen molar-refractivity contribution >= 4 is 21.9 Å². The molecule has 0 fully saturated rings. The van der Waals surface area contributed by atoms with Gasteiger partial charge in [0.15, 0.2) is 0 Å². The van der Waals surface area contributed by atoms with Crippen LogP contribution >= 0.6 is 0 Å². The third-order valence-corrected chi connectivity index (χ3v) is 9.91. The Kier molecular flexibility index (Phi) is 12.1. The number of rotatable bonds is 15. The number of hydrogen-bond donors (Lipinski definition) is 3. The second-order valence-electron chi connectivity index (χ2n) is 12.3. The van der Waals surface area contributed by atoms with Crippen molar-refractivity contribution in [1.29, 1.82) is 0 Å². The molecule has 0 spiro atoms. The lowest BCUT2D eigenvalue weighted by Gasteiger charge is -2.20. The van der Waals surface area contributed by atoms with Gasteiger partial charge in [0.2, 0.25) is 10.0 Å². The van der Waals surface area contributed by atoms with Crippen LogP contribution in [0.15, 0.2) is 77.7 Å². The Labute approximate surface area is 284 Å². The van der Waals surface area contributed by atoms with Crippen LogP contribution in [-0.4, -0.2) is 65.7 Å². The van der Waals surface area contributed by atoms with Crippen LogP contribution in [0, 0.1) is 11.6 Å². The van der Waals surface area contributed by atoms with Crippen molar-refractivity contribution in [3.8, 4) is 22.3 Å². The summed E-state index contributed by atoms with van der Waals surface area (Å²) in [5, 5.41) is 34.7. The molecule has 0 aliphatic heterocycles. The summed E-state index contributed by atoms with van der Waals surface area (Å²) in [5.74, 6) is -2.94. The van der Waals surface area contributed by atoms with Crippen LogP contribution in [0.5, 0.6) is 0 Å². The second-order valence-corrected chi connectivity index (χ2v) is 14.5.